The van der Waals surface area contributed by atoms with Gasteiger partial charge in [0.2, 0.25) is 0 Å². The highest BCUT2D eigenvalue weighted by molar-refractivity contribution is 5.85. The third-order valence-electron chi connectivity index (χ3n) is 4.28. The van der Waals surface area contributed by atoms with Crippen LogP contribution in [-0.4, -0.2) is 25.7 Å². The first kappa shape index (κ1) is 26.0. The van der Waals surface area contributed by atoms with Crippen LogP contribution in [0.2, 0.25) is 0 Å². The number of esters is 1. The summed E-state index contributed by atoms with van der Waals surface area (Å²) >= 11 is 0. The lowest BCUT2D eigenvalue weighted by Crippen LogP contribution is -2.20. The first-order valence-electron chi connectivity index (χ1n) is 10.2. The predicted octanol–water partition coefficient (Wildman–Crippen LogP) is 6.04. The Balaban J connectivity index is 0. The maximum Gasteiger partial charge on any atom is 0.305 e. The smallest absolute Gasteiger partial charge is 0.305 e. The van der Waals surface area contributed by atoms with Gasteiger partial charge in [0.15, 0.2) is 0 Å². The van der Waals surface area contributed by atoms with Crippen molar-refractivity contribution in [2.24, 2.45) is 0 Å². The largest absolute Gasteiger partial charge is 0.464 e. The molecule has 0 spiro atoms. The maximum absolute atomic E-state index is 11.5. The number of unbranched alkanes of at least 4 members (excludes halogenated alkanes) is 12. The molecule has 0 unspecified atom stereocenters. The molecule has 4 heteroatoms. The Kier molecular flexibility index (Phi) is 24.6. The molecule has 0 heterocycles. The van der Waals surface area contributed by atoms with Crippen molar-refractivity contribution in [3.8, 4) is 0 Å². The quantitative estimate of drug-likeness (QED) is 0.238. The molecule has 0 aliphatic heterocycles. The van der Waals surface area contributed by atoms with Crippen LogP contribution in [0, 0.1) is 0 Å². The van der Waals surface area contributed by atoms with Crippen molar-refractivity contribution in [3.63, 3.8) is 0 Å². The van der Waals surface area contributed by atoms with Crippen LogP contribution in [0.3, 0.4) is 0 Å². The van der Waals surface area contributed by atoms with E-state index >= 15 is 0 Å². The minimum absolute atomic E-state index is 0. The fourth-order valence-corrected chi connectivity index (χ4v) is 2.77. The molecule has 0 saturated carbocycles. The predicted molar refractivity (Wildman–Crippen MR) is 107 cm³/mol. The summed E-state index contributed by atoms with van der Waals surface area (Å²) in [4.78, 5) is 11.5. The molecule has 0 saturated heterocycles. The van der Waals surface area contributed by atoms with Crippen LogP contribution in [0.15, 0.2) is 0 Å². The summed E-state index contributed by atoms with van der Waals surface area (Å²) < 4.78 is 5.15. The third-order valence-corrected chi connectivity index (χ3v) is 4.28. The van der Waals surface area contributed by atoms with Crippen LogP contribution >= 0.6 is 12.4 Å². The molecule has 0 aromatic carbocycles. The number of rotatable bonds is 18. The summed E-state index contributed by atoms with van der Waals surface area (Å²) in [6.07, 6.45) is 17.9. The topological polar surface area (TPSA) is 38.3 Å². The van der Waals surface area contributed by atoms with Gasteiger partial charge in [-0.1, -0.05) is 90.9 Å². The first-order valence-corrected chi connectivity index (χ1v) is 10.2. The Hall–Kier alpha value is -0.280. The highest BCUT2D eigenvalue weighted by Crippen LogP contribution is 2.13. The molecule has 0 fully saturated rings. The van der Waals surface area contributed by atoms with Gasteiger partial charge in [0.1, 0.15) is 6.61 Å². The SMILES string of the molecule is CCCCCCCCCCCCCCCC(=O)OCCNCC.Cl. The van der Waals surface area contributed by atoms with Gasteiger partial charge in [-0.05, 0) is 13.0 Å². The molecule has 146 valence electrons. The Labute approximate surface area is 157 Å². The fourth-order valence-electron chi connectivity index (χ4n) is 2.77. The van der Waals surface area contributed by atoms with Crippen molar-refractivity contribution in [1.29, 1.82) is 0 Å². The molecule has 0 aromatic rings. The van der Waals surface area contributed by atoms with Crippen molar-refractivity contribution in [2.75, 3.05) is 19.7 Å². The van der Waals surface area contributed by atoms with Gasteiger partial charge in [-0.3, -0.25) is 4.79 Å². The summed E-state index contributed by atoms with van der Waals surface area (Å²) in [6.45, 7) is 6.52. The normalized spacial score (nSPS) is 10.4. The summed E-state index contributed by atoms with van der Waals surface area (Å²) in [6, 6.07) is 0. The number of ether oxygens (including phenoxy) is 1. The lowest BCUT2D eigenvalue weighted by Gasteiger charge is -2.05. The molecular formula is C20H42ClNO2. The van der Waals surface area contributed by atoms with E-state index in [2.05, 4.69) is 19.2 Å². The third kappa shape index (κ3) is 21.7. The molecule has 0 rings (SSSR count). The Morgan fingerprint density at radius 1 is 0.750 bits per heavy atom. The standard InChI is InChI=1S/C20H41NO2.ClH/c1-3-5-6-7-8-9-10-11-12-13-14-15-16-17-20(22)23-19-18-21-4-2;/h21H,3-19H2,1-2H3;1H. The Bertz CT molecular complexity index is 250. The van der Waals surface area contributed by atoms with Crippen LogP contribution < -0.4 is 5.32 Å². The number of nitrogens with one attached hydrogen (secondary N) is 1. The van der Waals surface area contributed by atoms with E-state index in [1.54, 1.807) is 0 Å². The van der Waals surface area contributed by atoms with Crippen molar-refractivity contribution >= 4 is 18.4 Å². The van der Waals surface area contributed by atoms with E-state index in [9.17, 15) is 4.79 Å². The number of hydrogen-bond donors (Lipinski definition) is 1. The van der Waals surface area contributed by atoms with Gasteiger partial charge in [-0.25, -0.2) is 0 Å². The monoisotopic (exact) mass is 363 g/mol. The highest BCUT2D eigenvalue weighted by Gasteiger charge is 2.02. The van der Waals surface area contributed by atoms with Crippen LogP contribution in [0.25, 0.3) is 0 Å². The van der Waals surface area contributed by atoms with Gasteiger partial charge in [0.25, 0.3) is 0 Å². The van der Waals surface area contributed by atoms with Gasteiger partial charge in [0.05, 0.1) is 0 Å². The molecule has 0 amide bonds. The van der Waals surface area contributed by atoms with E-state index in [4.69, 9.17) is 4.74 Å². The highest BCUT2D eigenvalue weighted by atomic mass is 35.5. The molecule has 0 aliphatic carbocycles. The van der Waals surface area contributed by atoms with Crippen molar-refractivity contribution in [3.05, 3.63) is 0 Å². The summed E-state index contributed by atoms with van der Waals surface area (Å²) in [5.41, 5.74) is 0. The minimum Gasteiger partial charge on any atom is -0.464 e. The van der Waals surface area contributed by atoms with E-state index in [1.165, 1.54) is 77.0 Å². The molecule has 3 nitrogen and oxygen atoms in total. The molecule has 24 heavy (non-hydrogen) atoms. The van der Waals surface area contributed by atoms with Gasteiger partial charge in [-0.2, -0.15) is 0 Å². The summed E-state index contributed by atoms with van der Waals surface area (Å²) in [7, 11) is 0. The van der Waals surface area contributed by atoms with Gasteiger partial charge < -0.3 is 10.1 Å². The zero-order valence-corrected chi connectivity index (χ0v) is 17.1. The van der Waals surface area contributed by atoms with Crippen molar-refractivity contribution in [2.45, 2.75) is 104 Å². The van der Waals surface area contributed by atoms with E-state index < -0.39 is 0 Å². The Morgan fingerprint density at radius 2 is 1.21 bits per heavy atom. The van der Waals surface area contributed by atoms with Crippen LogP contribution in [-0.2, 0) is 9.53 Å². The molecular weight excluding hydrogens is 322 g/mol. The lowest BCUT2D eigenvalue weighted by atomic mass is 10.0. The molecule has 0 aliphatic rings. The second kappa shape index (κ2) is 22.7. The summed E-state index contributed by atoms with van der Waals surface area (Å²) in [5.74, 6) is -0.0361. The Morgan fingerprint density at radius 3 is 1.67 bits per heavy atom. The maximum atomic E-state index is 11.5. The van der Waals surface area contributed by atoms with E-state index in [0.717, 1.165) is 19.5 Å². The van der Waals surface area contributed by atoms with Crippen LogP contribution in [0.5, 0.6) is 0 Å². The van der Waals surface area contributed by atoms with Gasteiger partial charge >= 0.3 is 5.97 Å². The molecule has 0 bridgehead atoms. The van der Waals surface area contributed by atoms with Crippen molar-refractivity contribution in [1.82, 2.24) is 5.32 Å². The fraction of sp³-hybridized carbons (Fsp3) is 0.950. The molecule has 0 radical (unpaired) electrons. The zero-order valence-electron chi connectivity index (χ0n) is 16.2. The number of hydrogen-bond acceptors (Lipinski definition) is 3. The minimum atomic E-state index is -0.0361. The number of likely N-dealkylation sites (N-methyl/N-ethyl adjacent to an activating group) is 1. The summed E-state index contributed by atoms with van der Waals surface area (Å²) in [5, 5.41) is 3.14. The van der Waals surface area contributed by atoms with E-state index in [1.807, 2.05) is 0 Å². The first-order chi connectivity index (χ1) is 11.3. The van der Waals surface area contributed by atoms with Crippen molar-refractivity contribution < 1.29 is 9.53 Å². The van der Waals surface area contributed by atoms with Crippen LogP contribution in [0.1, 0.15) is 104 Å². The number of carbonyl (C=O) groups excluding carboxylic acids is 1. The zero-order chi connectivity index (χ0) is 17.0. The van der Waals surface area contributed by atoms with Gasteiger partial charge in [0, 0.05) is 13.0 Å². The van der Waals surface area contributed by atoms with Gasteiger partial charge in [-0.15, -0.1) is 12.4 Å². The average molecular weight is 364 g/mol. The molecule has 1 N–H and O–H groups in total. The lowest BCUT2D eigenvalue weighted by molar-refractivity contribution is -0.143. The van der Waals surface area contributed by atoms with E-state index in [-0.39, 0.29) is 18.4 Å². The second-order valence-electron chi connectivity index (χ2n) is 6.57. The second-order valence-corrected chi connectivity index (χ2v) is 6.57. The van der Waals surface area contributed by atoms with Crippen LogP contribution in [0.4, 0.5) is 0 Å². The number of halogens is 1. The molecule has 0 atom stereocenters. The average Bonchev–Trinajstić information content (AvgIpc) is 2.56. The molecule has 0 aromatic heterocycles. The number of carbonyl (C=O) groups is 1. The van der Waals surface area contributed by atoms with E-state index in [0.29, 0.717) is 13.0 Å².